The molecule has 4 nitrogen and oxygen atoms in total. The van der Waals surface area contributed by atoms with Crippen LogP contribution < -0.4 is 0 Å². The first-order valence-corrected chi connectivity index (χ1v) is 8.32. The van der Waals surface area contributed by atoms with E-state index >= 15 is 0 Å². The molecule has 1 heterocycles. The van der Waals surface area contributed by atoms with Crippen molar-refractivity contribution in [3.8, 4) is 0 Å². The zero-order valence-corrected chi connectivity index (χ0v) is 12.1. The summed E-state index contributed by atoms with van der Waals surface area (Å²) < 4.78 is 31.5. The summed E-state index contributed by atoms with van der Waals surface area (Å²) in [4.78, 5) is 0. The third kappa shape index (κ3) is 4.39. The Morgan fingerprint density at radius 2 is 2.12 bits per heavy atom. The van der Waals surface area contributed by atoms with E-state index in [1.54, 1.807) is 4.31 Å². The highest BCUT2D eigenvalue weighted by molar-refractivity contribution is 7.89. The second-order valence-corrected chi connectivity index (χ2v) is 6.91. The summed E-state index contributed by atoms with van der Waals surface area (Å²) in [6.45, 7) is 4.88. The number of halogens is 1. The molecule has 1 aliphatic heterocycles. The molecule has 1 fully saturated rings. The fourth-order valence-electron chi connectivity index (χ4n) is 1.97. The van der Waals surface area contributed by atoms with Gasteiger partial charge in [0.25, 0.3) is 0 Å². The predicted octanol–water partition coefficient (Wildman–Crippen LogP) is 1.83. The van der Waals surface area contributed by atoms with E-state index in [4.69, 9.17) is 16.3 Å². The number of hydrogen-bond acceptors (Lipinski definition) is 3. The molecule has 1 saturated heterocycles. The number of sulfonamides is 1. The highest BCUT2D eigenvalue weighted by Crippen LogP contribution is 2.19. The zero-order chi connectivity index (χ0) is 12.9. The normalized spacial score (nSPS) is 27.2. The Hall–Kier alpha value is 0.160. The SMILES string of the molecule is CCC1COC(C)CN1S(=O)(=O)CCCCCl. The Labute approximate surface area is 109 Å². The molecule has 0 bridgehead atoms. The monoisotopic (exact) mass is 283 g/mol. The van der Waals surface area contributed by atoms with E-state index in [0.29, 0.717) is 25.5 Å². The highest BCUT2D eigenvalue weighted by atomic mass is 35.5. The van der Waals surface area contributed by atoms with Gasteiger partial charge in [-0.05, 0) is 26.2 Å². The standard InChI is InChI=1S/C11H22ClNO3S/c1-3-11-9-16-10(2)8-13(11)17(14,15)7-5-4-6-12/h10-11H,3-9H2,1-2H3. The van der Waals surface area contributed by atoms with Gasteiger partial charge in [0.1, 0.15) is 0 Å². The molecule has 6 heteroatoms. The first-order chi connectivity index (χ1) is 8.01. The molecule has 1 rings (SSSR count). The molecule has 0 aromatic rings. The van der Waals surface area contributed by atoms with E-state index in [0.717, 1.165) is 12.8 Å². The van der Waals surface area contributed by atoms with Crippen molar-refractivity contribution in [1.29, 1.82) is 0 Å². The molecule has 0 N–H and O–H groups in total. The van der Waals surface area contributed by atoms with E-state index in [-0.39, 0.29) is 17.9 Å². The van der Waals surface area contributed by atoms with Crippen LogP contribution >= 0.6 is 11.6 Å². The van der Waals surface area contributed by atoms with E-state index in [1.807, 2.05) is 13.8 Å². The minimum atomic E-state index is -3.16. The molecule has 102 valence electrons. The van der Waals surface area contributed by atoms with Gasteiger partial charge in [-0.25, -0.2) is 8.42 Å². The molecule has 2 unspecified atom stereocenters. The highest BCUT2D eigenvalue weighted by Gasteiger charge is 2.33. The summed E-state index contributed by atoms with van der Waals surface area (Å²) in [6.07, 6.45) is 2.16. The lowest BCUT2D eigenvalue weighted by Gasteiger charge is -2.37. The largest absolute Gasteiger partial charge is 0.375 e. The molecule has 1 aliphatic rings. The van der Waals surface area contributed by atoms with Crippen LogP contribution in [0.3, 0.4) is 0 Å². The Kier molecular flexibility index (Phi) is 6.20. The van der Waals surface area contributed by atoms with Crippen molar-refractivity contribution in [3.05, 3.63) is 0 Å². The number of nitrogens with zero attached hydrogens (tertiary/aromatic N) is 1. The summed E-state index contributed by atoms with van der Waals surface area (Å²) in [6, 6.07) is -0.00722. The molecule has 0 saturated carbocycles. The van der Waals surface area contributed by atoms with Crippen molar-refractivity contribution in [2.75, 3.05) is 24.8 Å². The van der Waals surface area contributed by atoms with Crippen LogP contribution in [0.1, 0.15) is 33.1 Å². The van der Waals surface area contributed by atoms with E-state index < -0.39 is 10.0 Å². The Morgan fingerprint density at radius 1 is 1.41 bits per heavy atom. The summed E-state index contributed by atoms with van der Waals surface area (Å²) in [5, 5.41) is 0. The summed E-state index contributed by atoms with van der Waals surface area (Å²) >= 11 is 5.57. The topological polar surface area (TPSA) is 46.6 Å². The number of rotatable bonds is 6. The quantitative estimate of drug-likeness (QED) is 0.552. The third-order valence-corrected chi connectivity index (χ3v) is 5.27. The Morgan fingerprint density at radius 3 is 2.71 bits per heavy atom. The molecule has 0 aliphatic carbocycles. The summed E-state index contributed by atoms with van der Waals surface area (Å²) in [5.74, 6) is 0.717. The number of unbranched alkanes of at least 4 members (excludes halogenated alkanes) is 1. The van der Waals surface area contributed by atoms with Crippen LogP contribution in [0.15, 0.2) is 0 Å². The van der Waals surface area contributed by atoms with Crippen LogP contribution in [0.25, 0.3) is 0 Å². The van der Waals surface area contributed by atoms with Gasteiger partial charge in [0, 0.05) is 18.5 Å². The van der Waals surface area contributed by atoms with Crippen LogP contribution in [0, 0.1) is 0 Å². The molecule has 0 radical (unpaired) electrons. The third-order valence-electron chi connectivity index (χ3n) is 3.03. The summed E-state index contributed by atoms with van der Waals surface area (Å²) in [7, 11) is -3.16. The first-order valence-electron chi connectivity index (χ1n) is 6.18. The minimum absolute atomic E-state index is 0.00722. The second-order valence-electron chi connectivity index (χ2n) is 4.49. The second kappa shape index (κ2) is 6.92. The fraction of sp³-hybridized carbons (Fsp3) is 1.00. The first kappa shape index (κ1) is 15.2. The van der Waals surface area contributed by atoms with E-state index in [9.17, 15) is 8.42 Å². The van der Waals surface area contributed by atoms with Gasteiger partial charge in [-0.15, -0.1) is 11.6 Å². The Balaban J connectivity index is 2.65. The van der Waals surface area contributed by atoms with Gasteiger partial charge < -0.3 is 4.74 Å². The van der Waals surface area contributed by atoms with Crippen molar-refractivity contribution in [2.45, 2.75) is 45.3 Å². The van der Waals surface area contributed by atoms with Crippen molar-refractivity contribution in [3.63, 3.8) is 0 Å². The number of ether oxygens (including phenoxy) is 1. The zero-order valence-electron chi connectivity index (χ0n) is 10.6. The van der Waals surface area contributed by atoms with Gasteiger partial charge >= 0.3 is 0 Å². The van der Waals surface area contributed by atoms with Crippen molar-refractivity contribution in [1.82, 2.24) is 4.31 Å². The fourth-order valence-corrected chi connectivity index (χ4v) is 4.07. The smallest absolute Gasteiger partial charge is 0.214 e. The molecule has 0 amide bonds. The minimum Gasteiger partial charge on any atom is -0.375 e. The van der Waals surface area contributed by atoms with Crippen molar-refractivity contribution < 1.29 is 13.2 Å². The molecule has 0 spiro atoms. The van der Waals surface area contributed by atoms with Crippen LogP contribution in [0.5, 0.6) is 0 Å². The van der Waals surface area contributed by atoms with Gasteiger partial charge in [0.15, 0.2) is 0 Å². The van der Waals surface area contributed by atoms with Gasteiger partial charge in [-0.2, -0.15) is 4.31 Å². The van der Waals surface area contributed by atoms with Gasteiger partial charge in [-0.3, -0.25) is 0 Å². The average molecular weight is 284 g/mol. The Bertz CT molecular complexity index is 321. The van der Waals surface area contributed by atoms with Crippen molar-refractivity contribution >= 4 is 21.6 Å². The van der Waals surface area contributed by atoms with E-state index in [1.165, 1.54) is 0 Å². The molecule has 0 aromatic heterocycles. The maximum atomic E-state index is 12.2. The molecule has 0 aromatic carbocycles. The number of morpholine rings is 1. The summed E-state index contributed by atoms with van der Waals surface area (Å²) in [5.41, 5.74) is 0. The van der Waals surface area contributed by atoms with Gasteiger partial charge in [0.2, 0.25) is 10.0 Å². The lowest BCUT2D eigenvalue weighted by Crippen LogP contribution is -2.51. The van der Waals surface area contributed by atoms with Gasteiger partial charge in [-0.1, -0.05) is 6.92 Å². The number of hydrogen-bond donors (Lipinski definition) is 0. The average Bonchev–Trinajstić information content (AvgIpc) is 2.29. The maximum Gasteiger partial charge on any atom is 0.214 e. The van der Waals surface area contributed by atoms with Crippen LogP contribution in [-0.2, 0) is 14.8 Å². The molecule has 17 heavy (non-hydrogen) atoms. The van der Waals surface area contributed by atoms with Gasteiger partial charge in [0.05, 0.1) is 18.5 Å². The molecular formula is C11H22ClNO3S. The maximum absolute atomic E-state index is 12.2. The van der Waals surface area contributed by atoms with Crippen molar-refractivity contribution in [2.24, 2.45) is 0 Å². The van der Waals surface area contributed by atoms with Crippen LogP contribution in [0.2, 0.25) is 0 Å². The lowest BCUT2D eigenvalue weighted by atomic mass is 10.2. The van der Waals surface area contributed by atoms with Crippen LogP contribution in [0.4, 0.5) is 0 Å². The molecule has 2 atom stereocenters. The lowest BCUT2D eigenvalue weighted by molar-refractivity contribution is -0.0230. The van der Waals surface area contributed by atoms with Crippen LogP contribution in [-0.4, -0.2) is 49.7 Å². The van der Waals surface area contributed by atoms with E-state index in [2.05, 4.69) is 0 Å². The predicted molar refractivity (Wildman–Crippen MR) is 69.9 cm³/mol. The number of alkyl halides is 1. The molecular weight excluding hydrogens is 262 g/mol.